The van der Waals surface area contributed by atoms with Gasteiger partial charge in [0.2, 0.25) is 5.91 Å². The number of phenolic OH excluding ortho intramolecular Hbond substituents is 2. The molecule has 3 unspecified atom stereocenters. The topological polar surface area (TPSA) is 169 Å². The highest BCUT2D eigenvalue weighted by Gasteiger charge is 2.63. The van der Waals surface area contributed by atoms with Gasteiger partial charge in [-0.05, 0) is 54.6 Å². The van der Waals surface area contributed by atoms with Crippen LogP contribution in [0.4, 0.5) is 11.4 Å². The molecule has 1 spiro atoms. The van der Waals surface area contributed by atoms with Crippen molar-refractivity contribution in [3.63, 3.8) is 0 Å². The minimum Gasteiger partial charge on any atom is -0.504 e. The first-order valence-electron chi connectivity index (χ1n) is 13.3. The van der Waals surface area contributed by atoms with E-state index in [1.807, 2.05) is 0 Å². The van der Waals surface area contributed by atoms with E-state index in [0.717, 1.165) is 0 Å². The van der Waals surface area contributed by atoms with Gasteiger partial charge in [0.15, 0.2) is 28.8 Å². The van der Waals surface area contributed by atoms with Crippen molar-refractivity contribution in [2.45, 2.75) is 17.9 Å². The maximum Gasteiger partial charge on any atom is 0.269 e. The van der Waals surface area contributed by atoms with Crippen molar-refractivity contribution in [2.75, 3.05) is 33.1 Å². The highest BCUT2D eigenvalue weighted by molar-refractivity contribution is 6.10. The minimum atomic E-state index is -1.52. The van der Waals surface area contributed by atoms with E-state index in [-0.39, 0.29) is 35.2 Å². The fraction of sp³-hybridized carbons (Fsp3) is 0.258. The monoisotopic (exact) mass is 587 g/mol. The van der Waals surface area contributed by atoms with Crippen LogP contribution in [0.3, 0.4) is 0 Å². The molecule has 0 radical (unpaired) electrons. The number of nitrogens with zero attached hydrogens (tertiary/aromatic N) is 2. The summed E-state index contributed by atoms with van der Waals surface area (Å²) in [6, 6.07) is 13.2. The molecule has 12 nitrogen and oxygen atoms in total. The number of hydrogen-bond acceptors (Lipinski definition) is 10. The molecule has 3 N–H and O–H groups in total. The molecule has 222 valence electrons. The predicted molar refractivity (Wildman–Crippen MR) is 155 cm³/mol. The SMILES string of the molecule is COc1ccc(/C=C/C(=O)CC(=O)C2CN(C)C3(C(=O)Nc4ccc([N+](=O)[O-])cc43)C2c2ccc(O)c(OC)c2)cc1O. The van der Waals surface area contributed by atoms with Crippen LogP contribution in [0.25, 0.3) is 6.08 Å². The smallest absolute Gasteiger partial charge is 0.269 e. The number of non-ortho nitro benzene ring substituents is 1. The first-order valence-corrected chi connectivity index (χ1v) is 13.3. The standard InChI is InChI=1S/C31H29N3O9/c1-33-16-21(25(37)15-20(35)8-4-17-5-11-27(42-2)26(38)12-17)29(18-6-10-24(36)28(13-18)43-3)31(33)22-14-19(34(40)41)7-9-23(22)32-30(31)39/h4-14,21,29,36,38H,15-16H2,1-3H3,(H,32,39)/b8-4+. The number of aromatic hydroxyl groups is 2. The number of amides is 1. The zero-order chi connectivity index (χ0) is 31.1. The lowest BCUT2D eigenvalue weighted by Gasteiger charge is -2.36. The number of fused-ring (bicyclic) bond motifs is 2. The summed E-state index contributed by atoms with van der Waals surface area (Å²) in [5, 5.41) is 34.7. The van der Waals surface area contributed by atoms with Crippen LogP contribution < -0.4 is 14.8 Å². The first kappa shape index (κ1) is 29.3. The second-order valence-corrected chi connectivity index (χ2v) is 10.5. The van der Waals surface area contributed by atoms with Crippen LogP contribution in [0, 0.1) is 16.0 Å². The molecule has 5 rings (SSSR count). The Morgan fingerprint density at radius 2 is 1.81 bits per heavy atom. The quantitative estimate of drug-likeness (QED) is 0.145. The number of rotatable bonds is 9. The Labute approximate surface area is 246 Å². The second-order valence-electron chi connectivity index (χ2n) is 10.5. The highest BCUT2D eigenvalue weighted by Crippen LogP contribution is 2.57. The van der Waals surface area contributed by atoms with Crippen LogP contribution in [0.5, 0.6) is 23.0 Å². The number of likely N-dealkylation sites (N-methyl/N-ethyl adjacent to an activating group) is 1. The fourth-order valence-corrected chi connectivity index (χ4v) is 6.18. The molecule has 2 aliphatic heterocycles. The largest absolute Gasteiger partial charge is 0.504 e. The molecule has 0 aliphatic carbocycles. The number of methoxy groups -OCH3 is 2. The molecule has 43 heavy (non-hydrogen) atoms. The number of nitro groups is 1. The third-order valence-electron chi connectivity index (χ3n) is 8.13. The Bertz CT molecular complexity index is 1680. The highest BCUT2D eigenvalue weighted by atomic mass is 16.6. The fourth-order valence-electron chi connectivity index (χ4n) is 6.18. The van der Waals surface area contributed by atoms with Crippen LogP contribution in [-0.2, 0) is 19.9 Å². The van der Waals surface area contributed by atoms with E-state index in [1.165, 1.54) is 62.8 Å². The van der Waals surface area contributed by atoms with Crippen molar-refractivity contribution in [2.24, 2.45) is 5.92 Å². The maximum absolute atomic E-state index is 13.9. The Balaban J connectivity index is 1.54. The van der Waals surface area contributed by atoms with Crippen LogP contribution in [0.15, 0.2) is 60.7 Å². The summed E-state index contributed by atoms with van der Waals surface area (Å²) in [6.45, 7) is 0.0750. The molecule has 0 aromatic heterocycles. The number of carbonyl (C=O) groups excluding carboxylic acids is 3. The van der Waals surface area contributed by atoms with Crippen molar-refractivity contribution in [3.05, 3.63) is 87.5 Å². The average Bonchev–Trinajstić information content (AvgIpc) is 3.45. The molecule has 2 aliphatic rings. The van der Waals surface area contributed by atoms with E-state index >= 15 is 0 Å². The third kappa shape index (κ3) is 4.95. The summed E-state index contributed by atoms with van der Waals surface area (Å²) in [5.41, 5.74) is -0.0228. The summed E-state index contributed by atoms with van der Waals surface area (Å²) >= 11 is 0. The summed E-state index contributed by atoms with van der Waals surface area (Å²) in [5.74, 6) is -3.01. The lowest BCUT2D eigenvalue weighted by atomic mass is 9.70. The van der Waals surface area contributed by atoms with E-state index in [1.54, 1.807) is 30.1 Å². The Hall–Kier alpha value is -5.23. The van der Waals surface area contributed by atoms with Gasteiger partial charge in [-0.15, -0.1) is 0 Å². The molecule has 0 bridgehead atoms. The number of ketones is 2. The number of hydrogen-bond donors (Lipinski definition) is 3. The van der Waals surface area contributed by atoms with Crippen molar-refractivity contribution in [3.8, 4) is 23.0 Å². The van der Waals surface area contributed by atoms with Crippen molar-refractivity contribution >= 4 is 34.9 Å². The number of nitro benzene ring substituents is 1. The molecular weight excluding hydrogens is 558 g/mol. The lowest BCUT2D eigenvalue weighted by molar-refractivity contribution is -0.384. The number of anilines is 1. The van der Waals surface area contributed by atoms with Crippen LogP contribution in [0.1, 0.15) is 29.0 Å². The molecule has 1 fully saturated rings. The van der Waals surface area contributed by atoms with Gasteiger partial charge >= 0.3 is 0 Å². The summed E-state index contributed by atoms with van der Waals surface area (Å²) < 4.78 is 10.3. The van der Waals surface area contributed by atoms with Crippen LogP contribution in [0.2, 0.25) is 0 Å². The molecule has 3 atom stereocenters. The number of nitrogens with one attached hydrogen (secondary N) is 1. The van der Waals surface area contributed by atoms with Gasteiger partial charge in [-0.1, -0.05) is 18.2 Å². The second kappa shape index (κ2) is 11.2. The number of allylic oxidation sites excluding steroid dienone is 1. The number of Topliss-reactive ketones (excluding diaryl/α,β-unsaturated/α-hetero) is 1. The zero-order valence-corrected chi connectivity index (χ0v) is 23.6. The normalized spacial score (nSPS) is 21.1. The van der Waals surface area contributed by atoms with E-state index in [0.29, 0.717) is 22.4 Å². The minimum absolute atomic E-state index is 0.0750. The number of phenols is 2. The van der Waals surface area contributed by atoms with Gasteiger partial charge in [-0.25, -0.2) is 0 Å². The molecule has 3 aromatic carbocycles. The molecule has 2 heterocycles. The maximum atomic E-state index is 13.9. The number of carbonyl (C=O) groups is 3. The van der Waals surface area contributed by atoms with Gasteiger partial charge < -0.3 is 25.0 Å². The number of benzene rings is 3. The molecule has 3 aromatic rings. The van der Waals surface area contributed by atoms with Gasteiger partial charge in [-0.3, -0.25) is 29.4 Å². The van der Waals surface area contributed by atoms with Crippen molar-refractivity contribution < 1.29 is 39.0 Å². The van der Waals surface area contributed by atoms with Crippen LogP contribution >= 0.6 is 0 Å². The van der Waals surface area contributed by atoms with E-state index in [9.17, 15) is 34.7 Å². The van der Waals surface area contributed by atoms with Crippen molar-refractivity contribution in [1.82, 2.24) is 4.90 Å². The van der Waals surface area contributed by atoms with E-state index in [4.69, 9.17) is 9.47 Å². The van der Waals surface area contributed by atoms with Crippen molar-refractivity contribution in [1.29, 1.82) is 0 Å². The van der Waals surface area contributed by atoms with Gasteiger partial charge in [0.25, 0.3) is 5.69 Å². The summed E-state index contributed by atoms with van der Waals surface area (Å²) in [6.07, 6.45) is 2.24. The average molecular weight is 588 g/mol. The zero-order valence-electron chi connectivity index (χ0n) is 23.6. The van der Waals surface area contributed by atoms with Gasteiger partial charge in [0.1, 0.15) is 11.3 Å². The third-order valence-corrected chi connectivity index (χ3v) is 8.13. The predicted octanol–water partition coefficient (Wildman–Crippen LogP) is 3.76. The molecule has 12 heteroatoms. The molecular formula is C31H29N3O9. The molecule has 1 saturated heterocycles. The Kier molecular flexibility index (Phi) is 7.63. The number of ether oxygens (including phenoxy) is 2. The summed E-state index contributed by atoms with van der Waals surface area (Å²) in [7, 11) is 4.44. The van der Waals surface area contributed by atoms with Gasteiger partial charge in [0.05, 0.1) is 25.6 Å². The number of likely N-dealkylation sites (tertiary alicyclic amines) is 1. The molecule has 1 amide bonds. The summed E-state index contributed by atoms with van der Waals surface area (Å²) in [4.78, 5) is 53.4. The van der Waals surface area contributed by atoms with E-state index < -0.39 is 46.2 Å². The van der Waals surface area contributed by atoms with Crippen LogP contribution in [-0.4, -0.2) is 65.3 Å². The Morgan fingerprint density at radius 3 is 2.49 bits per heavy atom. The van der Waals surface area contributed by atoms with Gasteiger partial charge in [-0.2, -0.15) is 0 Å². The van der Waals surface area contributed by atoms with E-state index in [2.05, 4.69) is 5.32 Å². The Morgan fingerprint density at radius 1 is 1.07 bits per heavy atom. The first-order chi connectivity index (χ1) is 20.5. The lowest BCUT2D eigenvalue weighted by Crippen LogP contribution is -2.48. The van der Waals surface area contributed by atoms with Gasteiger partial charge in [0, 0.05) is 41.8 Å². The molecule has 0 saturated carbocycles.